The molecule has 0 aliphatic heterocycles. The molecular weight excluding hydrogens is 368 g/mol. The third-order valence-electron chi connectivity index (χ3n) is 5.27. The van der Waals surface area contributed by atoms with Crippen LogP contribution in [-0.4, -0.2) is 32.5 Å². The largest absolute Gasteiger partial charge is 0.311 e. The second kappa shape index (κ2) is 7.95. The summed E-state index contributed by atoms with van der Waals surface area (Å²) in [6.07, 6.45) is 2.39. The van der Waals surface area contributed by atoms with Crippen LogP contribution < -0.4 is 4.90 Å². The lowest BCUT2D eigenvalue weighted by Crippen LogP contribution is -2.36. The predicted octanol–water partition coefficient (Wildman–Crippen LogP) is 4.86. The van der Waals surface area contributed by atoms with Crippen molar-refractivity contribution >= 4 is 34.1 Å². The van der Waals surface area contributed by atoms with Crippen LogP contribution in [0.5, 0.6) is 0 Å². The minimum absolute atomic E-state index is 0.0995. The van der Waals surface area contributed by atoms with Gasteiger partial charge in [-0.1, -0.05) is 48.2 Å². The molecule has 1 aromatic heterocycles. The lowest BCUT2D eigenvalue weighted by molar-refractivity contribution is -0.117. The van der Waals surface area contributed by atoms with E-state index in [9.17, 15) is 4.79 Å². The highest BCUT2D eigenvalue weighted by Crippen LogP contribution is 2.40. The fourth-order valence-electron chi connectivity index (χ4n) is 3.64. The molecule has 0 unspecified atom stereocenters. The van der Waals surface area contributed by atoms with Crippen LogP contribution in [0.4, 0.5) is 5.69 Å². The highest BCUT2D eigenvalue weighted by atomic mass is 32.2. The minimum atomic E-state index is -0.236. The number of benzene rings is 2. The van der Waals surface area contributed by atoms with E-state index in [1.54, 1.807) is 0 Å². The van der Waals surface area contributed by atoms with Crippen molar-refractivity contribution in [1.82, 2.24) is 14.8 Å². The van der Waals surface area contributed by atoms with Crippen molar-refractivity contribution < 1.29 is 4.79 Å². The summed E-state index contributed by atoms with van der Waals surface area (Å²) >= 11 is 1.51. The smallest absolute Gasteiger partial charge is 0.240 e. The first-order valence-electron chi connectivity index (χ1n) is 10.0. The molecule has 1 fully saturated rings. The molecule has 28 heavy (non-hydrogen) atoms. The van der Waals surface area contributed by atoms with Gasteiger partial charge in [0.15, 0.2) is 5.16 Å². The fourth-order valence-corrected chi connectivity index (χ4v) is 4.63. The van der Waals surface area contributed by atoms with Crippen molar-refractivity contribution in [1.29, 1.82) is 0 Å². The zero-order valence-corrected chi connectivity index (χ0v) is 17.4. The number of rotatable bonds is 7. The van der Waals surface area contributed by atoms with Gasteiger partial charge >= 0.3 is 0 Å². The van der Waals surface area contributed by atoms with Gasteiger partial charge in [-0.2, -0.15) is 0 Å². The second-order valence-corrected chi connectivity index (χ2v) is 8.51. The first-order chi connectivity index (χ1) is 13.6. The molecule has 6 heteroatoms. The fraction of sp³-hybridized carbons (Fsp3) is 0.409. The molecular formula is C22H26N4OS. The first kappa shape index (κ1) is 19.0. The molecule has 3 aromatic rings. The van der Waals surface area contributed by atoms with Gasteiger partial charge in [-0.25, -0.2) is 0 Å². The number of fused-ring (bicyclic) bond motifs is 1. The van der Waals surface area contributed by atoms with E-state index in [0.717, 1.165) is 34.0 Å². The molecule has 1 atom stereocenters. The van der Waals surface area contributed by atoms with E-state index in [1.807, 2.05) is 43.0 Å². The van der Waals surface area contributed by atoms with Crippen molar-refractivity contribution in [2.75, 3.05) is 11.4 Å². The highest BCUT2D eigenvalue weighted by Gasteiger charge is 2.31. The Hall–Kier alpha value is -2.34. The number of carbonyl (C=O) groups excluding carboxylic acids is 1. The van der Waals surface area contributed by atoms with Crippen molar-refractivity contribution in [3.05, 3.63) is 48.3 Å². The lowest BCUT2D eigenvalue weighted by Gasteiger charge is -2.25. The second-order valence-electron chi connectivity index (χ2n) is 7.20. The van der Waals surface area contributed by atoms with Gasteiger partial charge in [0.2, 0.25) is 5.91 Å². The van der Waals surface area contributed by atoms with Gasteiger partial charge in [0.25, 0.3) is 0 Å². The van der Waals surface area contributed by atoms with E-state index >= 15 is 0 Å². The summed E-state index contributed by atoms with van der Waals surface area (Å²) in [5, 5.41) is 11.6. The molecule has 0 N–H and O–H groups in total. The van der Waals surface area contributed by atoms with E-state index < -0.39 is 0 Å². The van der Waals surface area contributed by atoms with Crippen LogP contribution in [0, 0.1) is 0 Å². The monoisotopic (exact) mass is 394 g/mol. The van der Waals surface area contributed by atoms with Crippen molar-refractivity contribution in [3.8, 4) is 0 Å². The molecule has 1 heterocycles. The van der Waals surface area contributed by atoms with E-state index in [4.69, 9.17) is 0 Å². The Bertz CT molecular complexity index is 990. The van der Waals surface area contributed by atoms with Gasteiger partial charge in [0.1, 0.15) is 5.82 Å². The quantitative estimate of drug-likeness (QED) is 0.537. The SMILES string of the molecule is CCN(C(=O)[C@H](C)Sc1nnc(C2CC2)n1CC)c1cccc2ccccc12. The molecule has 0 spiro atoms. The van der Waals surface area contributed by atoms with Crippen LogP contribution >= 0.6 is 11.8 Å². The van der Waals surface area contributed by atoms with Gasteiger partial charge in [0.05, 0.1) is 10.9 Å². The summed E-state index contributed by atoms with van der Waals surface area (Å²) in [5.41, 5.74) is 0.966. The molecule has 0 bridgehead atoms. The molecule has 1 amide bonds. The number of hydrogen-bond acceptors (Lipinski definition) is 4. The van der Waals surface area contributed by atoms with Crippen molar-refractivity contribution in [2.45, 2.75) is 56.5 Å². The molecule has 2 aromatic carbocycles. The third-order valence-corrected chi connectivity index (χ3v) is 6.34. The summed E-state index contributed by atoms with van der Waals surface area (Å²) in [7, 11) is 0. The summed E-state index contributed by atoms with van der Waals surface area (Å²) in [6, 6.07) is 14.3. The van der Waals surface area contributed by atoms with Crippen LogP contribution in [0.25, 0.3) is 10.8 Å². The van der Waals surface area contributed by atoms with E-state index in [0.29, 0.717) is 12.5 Å². The van der Waals surface area contributed by atoms with Gasteiger partial charge < -0.3 is 9.47 Å². The van der Waals surface area contributed by atoms with Gasteiger partial charge in [-0.05, 0) is 45.1 Å². The molecule has 4 rings (SSSR count). The standard InChI is InChI=1S/C22H26N4OS/c1-4-25(19-12-8-10-16-9-6-7-11-18(16)19)21(27)15(3)28-22-24-23-20(17-13-14-17)26(22)5-2/h6-12,15,17H,4-5,13-14H2,1-3H3/t15-/m0/s1. The van der Waals surface area contributed by atoms with E-state index in [2.05, 4.69) is 39.9 Å². The molecule has 0 saturated heterocycles. The van der Waals surface area contributed by atoms with Gasteiger partial charge in [-0.3, -0.25) is 4.79 Å². The molecule has 146 valence electrons. The average Bonchev–Trinajstić information content (AvgIpc) is 3.49. The summed E-state index contributed by atoms with van der Waals surface area (Å²) in [4.78, 5) is 15.2. The minimum Gasteiger partial charge on any atom is -0.311 e. The zero-order valence-electron chi connectivity index (χ0n) is 16.6. The van der Waals surface area contributed by atoms with Crippen LogP contribution in [-0.2, 0) is 11.3 Å². The highest BCUT2D eigenvalue weighted by molar-refractivity contribution is 8.00. The Labute approximate surface area is 170 Å². The van der Waals surface area contributed by atoms with Gasteiger partial charge in [-0.15, -0.1) is 10.2 Å². The Morgan fingerprint density at radius 3 is 2.64 bits per heavy atom. The maximum atomic E-state index is 13.3. The van der Waals surface area contributed by atoms with Crippen LogP contribution in [0.2, 0.25) is 0 Å². The average molecular weight is 395 g/mol. The third kappa shape index (κ3) is 3.53. The number of aromatic nitrogens is 3. The summed E-state index contributed by atoms with van der Waals surface area (Å²) in [6.45, 7) is 7.57. The first-order valence-corrected chi connectivity index (χ1v) is 10.9. The topological polar surface area (TPSA) is 51.0 Å². The van der Waals surface area contributed by atoms with Crippen LogP contribution in [0.1, 0.15) is 45.4 Å². The number of nitrogens with zero attached hydrogens (tertiary/aromatic N) is 4. The Morgan fingerprint density at radius 1 is 1.18 bits per heavy atom. The van der Waals surface area contributed by atoms with Gasteiger partial charge in [0, 0.05) is 24.4 Å². The maximum absolute atomic E-state index is 13.3. The van der Waals surface area contributed by atoms with E-state index in [-0.39, 0.29) is 11.2 Å². The summed E-state index contributed by atoms with van der Waals surface area (Å²) < 4.78 is 2.17. The summed E-state index contributed by atoms with van der Waals surface area (Å²) in [5.74, 6) is 1.73. The van der Waals surface area contributed by atoms with E-state index in [1.165, 1.54) is 24.6 Å². The molecule has 1 saturated carbocycles. The normalized spacial score (nSPS) is 15.0. The predicted molar refractivity (Wildman–Crippen MR) is 115 cm³/mol. The number of thioether (sulfide) groups is 1. The Kier molecular flexibility index (Phi) is 5.40. The van der Waals surface area contributed by atoms with Crippen molar-refractivity contribution in [3.63, 3.8) is 0 Å². The molecule has 1 aliphatic rings. The van der Waals surface area contributed by atoms with Crippen LogP contribution in [0.15, 0.2) is 47.6 Å². The lowest BCUT2D eigenvalue weighted by atomic mass is 10.1. The number of anilines is 1. The number of hydrogen-bond donors (Lipinski definition) is 0. The Balaban J connectivity index is 1.58. The van der Waals surface area contributed by atoms with Crippen LogP contribution in [0.3, 0.4) is 0 Å². The maximum Gasteiger partial charge on any atom is 0.240 e. The molecule has 1 aliphatic carbocycles. The van der Waals surface area contributed by atoms with Crippen molar-refractivity contribution in [2.24, 2.45) is 0 Å². The Morgan fingerprint density at radius 2 is 1.93 bits per heavy atom. The molecule has 5 nitrogen and oxygen atoms in total. The number of amides is 1. The number of carbonyl (C=O) groups is 1. The molecule has 0 radical (unpaired) electrons. The zero-order chi connectivity index (χ0) is 19.7.